The highest BCUT2D eigenvalue weighted by Gasteiger charge is 2.06. The van der Waals surface area contributed by atoms with Crippen LogP contribution < -0.4 is 4.90 Å². The Morgan fingerprint density at radius 1 is 1.43 bits per heavy atom. The quantitative estimate of drug-likeness (QED) is 0.793. The van der Waals surface area contributed by atoms with Gasteiger partial charge in [-0.15, -0.1) is 0 Å². The molecular formula is C11H14NO2. The molecule has 0 aromatic heterocycles. The summed E-state index contributed by atoms with van der Waals surface area (Å²) >= 11 is 0. The molecule has 1 aromatic carbocycles. The number of carboxylic acid groups (broad SMARTS) is 1. The first-order valence-electron chi connectivity index (χ1n) is 4.68. The molecule has 14 heavy (non-hydrogen) atoms. The van der Waals surface area contributed by atoms with E-state index < -0.39 is 5.97 Å². The first kappa shape index (κ1) is 10.6. The molecule has 1 radical (unpaired) electrons. The van der Waals surface area contributed by atoms with Crippen LogP contribution in [0.5, 0.6) is 0 Å². The minimum absolute atomic E-state index is 0.286. The Balaban J connectivity index is 2.98. The van der Waals surface area contributed by atoms with Crippen LogP contribution in [0.1, 0.15) is 24.2 Å². The lowest BCUT2D eigenvalue weighted by molar-refractivity contribution is 0.0697. The summed E-state index contributed by atoms with van der Waals surface area (Å²) in [4.78, 5) is 12.8. The van der Waals surface area contributed by atoms with Gasteiger partial charge in [0.05, 0.1) is 5.56 Å². The monoisotopic (exact) mass is 192 g/mol. The van der Waals surface area contributed by atoms with Crippen LogP contribution in [0.3, 0.4) is 0 Å². The second-order valence-electron chi connectivity index (χ2n) is 2.96. The highest BCUT2D eigenvalue weighted by Crippen LogP contribution is 2.15. The molecule has 0 amide bonds. The van der Waals surface area contributed by atoms with Crippen molar-refractivity contribution in [1.82, 2.24) is 0 Å². The van der Waals surface area contributed by atoms with Crippen LogP contribution in [-0.4, -0.2) is 24.2 Å². The molecule has 0 aliphatic rings. The van der Waals surface area contributed by atoms with E-state index in [1.54, 1.807) is 12.1 Å². The third-order valence-corrected chi connectivity index (χ3v) is 2.15. The van der Waals surface area contributed by atoms with E-state index in [-0.39, 0.29) is 5.56 Å². The summed E-state index contributed by atoms with van der Waals surface area (Å²) in [6.07, 6.45) is 0. The number of aromatic carboxylic acids is 1. The molecule has 0 spiro atoms. The van der Waals surface area contributed by atoms with Crippen molar-refractivity contribution in [2.75, 3.05) is 18.0 Å². The predicted molar refractivity (Wildman–Crippen MR) is 55.8 cm³/mol. The maximum Gasteiger partial charge on any atom is 0.335 e. The fraction of sp³-hybridized carbons (Fsp3) is 0.364. The van der Waals surface area contributed by atoms with Gasteiger partial charge in [-0.25, -0.2) is 4.79 Å². The van der Waals surface area contributed by atoms with Crippen molar-refractivity contribution in [3.05, 3.63) is 29.8 Å². The van der Waals surface area contributed by atoms with Crippen LogP contribution in [0.25, 0.3) is 0 Å². The molecule has 1 rings (SSSR count). The number of anilines is 1. The van der Waals surface area contributed by atoms with Gasteiger partial charge in [0.25, 0.3) is 0 Å². The molecule has 3 heteroatoms. The van der Waals surface area contributed by atoms with Crippen molar-refractivity contribution in [1.29, 1.82) is 0 Å². The molecule has 0 unspecified atom stereocenters. The molecule has 1 aromatic rings. The van der Waals surface area contributed by atoms with Crippen molar-refractivity contribution in [3.8, 4) is 0 Å². The zero-order valence-electron chi connectivity index (χ0n) is 8.45. The largest absolute Gasteiger partial charge is 0.478 e. The fourth-order valence-electron chi connectivity index (χ4n) is 1.35. The summed E-state index contributed by atoms with van der Waals surface area (Å²) in [5.41, 5.74) is 1.20. The van der Waals surface area contributed by atoms with Gasteiger partial charge in [0.15, 0.2) is 0 Å². The lowest BCUT2D eigenvalue weighted by Gasteiger charge is -2.20. The Hall–Kier alpha value is -1.51. The van der Waals surface area contributed by atoms with E-state index in [1.165, 1.54) is 6.07 Å². The van der Waals surface area contributed by atoms with Crippen molar-refractivity contribution in [3.63, 3.8) is 0 Å². The first-order valence-corrected chi connectivity index (χ1v) is 4.68. The van der Waals surface area contributed by atoms with Gasteiger partial charge in [-0.3, -0.25) is 0 Å². The van der Waals surface area contributed by atoms with E-state index in [2.05, 4.69) is 11.0 Å². The summed E-state index contributed by atoms with van der Waals surface area (Å²) in [5.74, 6) is -0.907. The minimum Gasteiger partial charge on any atom is -0.478 e. The van der Waals surface area contributed by atoms with Crippen LogP contribution in [0.4, 0.5) is 5.69 Å². The molecule has 0 fully saturated rings. The van der Waals surface area contributed by atoms with E-state index >= 15 is 0 Å². The summed E-state index contributed by atoms with van der Waals surface area (Å²) in [6, 6.07) is 7.80. The normalized spacial score (nSPS) is 9.86. The van der Waals surface area contributed by atoms with Crippen LogP contribution in [0.2, 0.25) is 0 Å². The predicted octanol–water partition coefficient (Wildman–Crippen LogP) is 2.03. The minimum atomic E-state index is -0.907. The second-order valence-corrected chi connectivity index (χ2v) is 2.96. The van der Waals surface area contributed by atoms with Crippen LogP contribution in [0, 0.1) is 6.07 Å². The van der Waals surface area contributed by atoms with Gasteiger partial charge < -0.3 is 10.0 Å². The molecule has 0 atom stereocenters. The standard InChI is InChI=1S/C11H14NO2/c1-3-12(4-2)10-7-5-6-9(8-10)11(13)14/h6-8H,3-4H2,1-2H3,(H,13,14). The molecule has 0 bridgehead atoms. The van der Waals surface area contributed by atoms with Crippen LogP contribution >= 0.6 is 0 Å². The first-order chi connectivity index (χ1) is 6.69. The Morgan fingerprint density at radius 2 is 2.07 bits per heavy atom. The molecule has 0 aliphatic carbocycles. The van der Waals surface area contributed by atoms with Crippen LogP contribution in [0.15, 0.2) is 18.2 Å². The van der Waals surface area contributed by atoms with Gasteiger partial charge in [-0.05, 0) is 38.1 Å². The molecular weight excluding hydrogens is 178 g/mol. The molecule has 0 saturated carbocycles. The highest BCUT2D eigenvalue weighted by atomic mass is 16.4. The number of carbonyl (C=O) groups is 1. The molecule has 75 valence electrons. The van der Waals surface area contributed by atoms with Crippen molar-refractivity contribution in [2.45, 2.75) is 13.8 Å². The van der Waals surface area contributed by atoms with E-state index in [4.69, 9.17) is 5.11 Å². The highest BCUT2D eigenvalue weighted by molar-refractivity contribution is 5.88. The lowest BCUT2D eigenvalue weighted by Crippen LogP contribution is -2.22. The maximum atomic E-state index is 10.7. The van der Waals surface area contributed by atoms with Gasteiger partial charge in [-0.2, -0.15) is 0 Å². The van der Waals surface area contributed by atoms with E-state index in [0.717, 1.165) is 18.8 Å². The lowest BCUT2D eigenvalue weighted by atomic mass is 10.2. The molecule has 0 saturated heterocycles. The number of hydrogen-bond acceptors (Lipinski definition) is 2. The van der Waals surface area contributed by atoms with Gasteiger partial charge in [0.2, 0.25) is 0 Å². The fourth-order valence-corrected chi connectivity index (χ4v) is 1.35. The number of carboxylic acids is 1. The summed E-state index contributed by atoms with van der Waals surface area (Å²) in [5, 5.41) is 8.80. The average Bonchev–Trinajstić information content (AvgIpc) is 2.20. The zero-order valence-corrected chi connectivity index (χ0v) is 8.45. The maximum absolute atomic E-state index is 10.7. The smallest absolute Gasteiger partial charge is 0.335 e. The summed E-state index contributed by atoms with van der Waals surface area (Å²) < 4.78 is 0. The zero-order chi connectivity index (χ0) is 10.6. The second kappa shape index (κ2) is 4.65. The van der Waals surface area contributed by atoms with E-state index in [1.807, 2.05) is 13.8 Å². The third kappa shape index (κ3) is 2.25. The Morgan fingerprint density at radius 3 is 2.57 bits per heavy atom. The van der Waals surface area contributed by atoms with Crippen molar-refractivity contribution < 1.29 is 9.90 Å². The SMILES string of the molecule is CCN(CC)c1c[c]cc(C(=O)O)c1. The Labute approximate surface area is 84.0 Å². The number of hydrogen-bond donors (Lipinski definition) is 1. The number of nitrogens with zero attached hydrogens (tertiary/aromatic N) is 1. The van der Waals surface area contributed by atoms with Gasteiger partial charge in [0.1, 0.15) is 0 Å². The number of rotatable bonds is 4. The van der Waals surface area contributed by atoms with Gasteiger partial charge in [0, 0.05) is 18.8 Å². The summed E-state index contributed by atoms with van der Waals surface area (Å²) in [7, 11) is 0. The van der Waals surface area contributed by atoms with E-state index in [9.17, 15) is 4.79 Å². The van der Waals surface area contributed by atoms with Crippen LogP contribution in [-0.2, 0) is 0 Å². The topological polar surface area (TPSA) is 40.5 Å². The van der Waals surface area contributed by atoms with Crippen molar-refractivity contribution in [2.24, 2.45) is 0 Å². The van der Waals surface area contributed by atoms with Gasteiger partial charge >= 0.3 is 5.97 Å². The molecule has 3 nitrogen and oxygen atoms in total. The summed E-state index contributed by atoms with van der Waals surface area (Å²) in [6.45, 7) is 5.81. The third-order valence-electron chi connectivity index (χ3n) is 2.15. The van der Waals surface area contributed by atoms with Gasteiger partial charge in [-0.1, -0.05) is 0 Å². The Bertz CT molecular complexity index is 319. The molecule has 0 heterocycles. The molecule has 0 aliphatic heterocycles. The molecule has 1 N–H and O–H groups in total. The number of benzene rings is 1. The van der Waals surface area contributed by atoms with E-state index in [0.29, 0.717) is 0 Å². The Kier molecular flexibility index (Phi) is 3.51. The van der Waals surface area contributed by atoms with Crippen molar-refractivity contribution >= 4 is 11.7 Å². The average molecular weight is 192 g/mol.